The van der Waals surface area contributed by atoms with E-state index in [2.05, 4.69) is 18.7 Å². The Kier molecular flexibility index (Phi) is 3.32. The Balaban J connectivity index is 2.37. The molecule has 2 rings (SSSR count). The number of nitrogens with two attached hydrogens (primary N) is 1. The van der Waals surface area contributed by atoms with E-state index in [4.69, 9.17) is 29.6 Å². The van der Waals surface area contributed by atoms with E-state index in [1.165, 1.54) is 12.8 Å². The number of halogens is 1. The van der Waals surface area contributed by atoms with Gasteiger partial charge in [-0.05, 0) is 44.9 Å². The van der Waals surface area contributed by atoms with Gasteiger partial charge in [-0.25, -0.2) is 0 Å². The maximum Gasteiger partial charge on any atom is 0.104 e. The molecule has 92 valence electrons. The highest BCUT2D eigenvalue weighted by Crippen LogP contribution is 2.37. The van der Waals surface area contributed by atoms with Crippen molar-refractivity contribution in [1.29, 1.82) is 0 Å². The van der Waals surface area contributed by atoms with Gasteiger partial charge in [-0.2, -0.15) is 0 Å². The molecular weight excluding hydrogens is 252 g/mol. The molecule has 17 heavy (non-hydrogen) atoms. The summed E-state index contributed by atoms with van der Waals surface area (Å²) >= 11 is 11.3. The van der Waals surface area contributed by atoms with Crippen LogP contribution in [-0.4, -0.2) is 17.1 Å². The molecule has 0 atom stereocenters. The van der Waals surface area contributed by atoms with Crippen molar-refractivity contribution in [1.82, 2.24) is 0 Å². The van der Waals surface area contributed by atoms with Crippen LogP contribution in [0.25, 0.3) is 0 Å². The second kappa shape index (κ2) is 4.46. The van der Waals surface area contributed by atoms with Gasteiger partial charge in [0.15, 0.2) is 0 Å². The van der Waals surface area contributed by atoms with Gasteiger partial charge in [0.1, 0.15) is 4.99 Å². The van der Waals surface area contributed by atoms with Crippen molar-refractivity contribution >= 4 is 34.5 Å². The van der Waals surface area contributed by atoms with Crippen molar-refractivity contribution in [2.24, 2.45) is 5.73 Å². The summed E-state index contributed by atoms with van der Waals surface area (Å²) in [6, 6.07) is 5.81. The molecule has 0 aliphatic carbocycles. The molecular formula is C13H17ClN2S. The first-order valence-corrected chi connectivity index (χ1v) is 6.57. The van der Waals surface area contributed by atoms with E-state index >= 15 is 0 Å². The molecule has 1 aromatic rings. The van der Waals surface area contributed by atoms with Gasteiger partial charge in [-0.15, -0.1) is 0 Å². The first-order chi connectivity index (χ1) is 7.92. The van der Waals surface area contributed by atoms with Crippen LogP contribution in [0.4, 0.5) is 5.69 Å². The Hall–Kier alpha value is -0.800. The summed E-state index contributed by atoms with van der Waals surface area (Å²) in [7, 11) is 0. The van der Waals surface area contributed by atoms with Crippen LogP contribution in [0, 0.1) is 0 Å². The van der Waals surface area contributed by atoms with Crippen LogP contribution in [0.1, 0.15) is 32.3 Å². The quantitative estimate of drug-likeness (QED) is 0.834. The summed E-state index contributed by atoms with van der Waals surface area (Å²) in [4.78, 5) is 2.75. The van der Waals surface area contributed by atoms with Crippen LogP contribution in [0.3, 0.4) is 0 Å². The molecule has 0 saturated carbocycles. The average Bonchev–Trinajstić information content (AvgIpc) is 2.58. The minimum atomic E-state index is 0.175. The van der Waals surface area contributed by atoms with Gasteiger partial charge in [0, 0.05) is 17.6 Å². The number of thiocarbonyl (C=S) groups is 1. The topological polar surface area (TPSA) is 29.3 Å². The molecule has 0 spiro atoms. The zero-order chi connectivity index (χ0) is 12.6. The standard InChI is InChI=1S/C13H17ClN2S/c1-13(2)6-3-7-16(13)11-5-4-9(12(15)17)8-10(11)14/h4-5,8H,3,6-7H2,1-2H3,(H2,15,17). The van der Waals surface area contributed by atoms with Gasteiger partial charge in [-0.1, -0.05) is 23.8 Å². The lowest BCUT2D eigenvalue weighted by atomic mass is 10.0. The lowest BCUT2D eigenvalue weighted by Crippen LogP contribution is -2.38. The first-order valence-electron chi connectivity index (χ1n) is 5.79. The number of anilines is 1. The van der Waals surface area contributed by atoms with Crippen molar-refractivity contribution in [3.63, 3.8) is 0 Å². The van der Waals surface area contributed by atoms with E-state index in [-0.39, 0.29) is 5.54 Å². The monoisotopic (exact) mass is 268 g/mol. The molecule has 1 aliphatic heterocycles. The third-order valence-electron chi connectivity index (χ3n) is 3.42. The number of benzene rings is 1. The molecule has 1 heterocycles. The Labute approximate surface area is 113 Å². The summed E-state index contributed by atoms with van der Waals surface area (Å²) < 4.78 is 0. The molecule has 4 heteroatoms. The van der Waals surface area contributed by atoms with Gasteiger partial charge in [0.2, 0.25) is 0 Å². The van der Waals surface area contributed by atoms with E-state index in [0.717, 1.165) is 22.8 Å². The SMILES string of the molecule is CC1(C)CCCN1c1ccc(C(N)=S)cc1Cl. The molecule has 1 aliphatic rings. The number of hydrogen-bond acceptors (Lipinski definition) is 2. The maximum atomic E-state index is 6.32. The van der Waals surface area contributed by atoms with Gasteiger partial charge < -0.3 is 10.6 Å². The fourth-order valence-electron chi connectivity index (χ4n) is 2.43. The second-order valence-electron chi connectivity index (χ2n) is 5.10. The van der Waals surface area contributed by atoms with E-state index in [0.29, 0.717) is 4.99 Å². The third-order valence-corrected chi connectivity index (χ3v) is 3.96. The first kappa shape index (κ1) is 12.7. The predicted octanol–water partition coefficient (Wildman–Crippen LogP) is 3.35. The van der Waals surface area contributed by atoms with Crippen LogP contribution in [0.15, 0.2) is 18.2 Å². The Morgan fingerprint density at radius 2 is 2.18 bits per heavy atom. The molecule has 1 fully saturated rings. The average molecular weight is 269 g/mol. The summed E-state index contributed by atoms with van der Waals surface area (Å²) in [5.41, 5.74) is 7.68. The largest absolute Gasteiger partial charge is 0.389 e. The molecule has 1 saturated heterocycles. The summed E-state index contributed by atoms with van der Waals surface area (Å²) in [6.07, 6.45) is 2.40. The Morgan fingerprint density at radius 1 is 1.47 bits per heavy atom. The van der Waals surface area contributed by atoms with Crippen LogP contribution < -0.4 is 10.6 Å². The molecule has 2 nitrogen and oxygen atoms in total. The Bertz CT molecular complexity index is 457. The highest BCUT2D eigenvalue weighted by atomic mass is 35.5. The van der Waals surface area contributed by atoms with Crippen LogP contribution in [0.2, 0.25) is 5.02 Å². The smallest absolute Gasteiger partial charge is 0.104 e. The van der Waals surface area contributed by atoms with Gasteiger partial charge in [0.05, 0.1) is 10.7 Å². The van der Waals surface area contributed by atoms with Crippen molar-refractivity contribution in [3.8, 4) is 0 Å². The fraction of sp³-hybridized carbons (Fsp3) is 0.462. The molecule has 0 aromatic heterocycles. The number of rotatable bonds is 2. The maximum absolute atomic E-state index is 6.32. The van der Waals surface area contributed by atoms with Gasteiger partial charge in [0.25, 0.3) is 0 Å². The van der Waals surface area contributed by atoms with Crippen molar-refractivity contribution in [3.05, 3.63) is 28.8 Å². The van der Waals surface area contributed by atoms with Crippen LogP contribution >= 0.6 is 23.8 Å². The molecule has 2 N–H and O–H groups in total. The zero-order valence-electron chi connectivity index (χ0n) is 10.2. The second-order valence-corrected chi connectivity index (χ2v) is 5.95. The normalized spacial score (nSPS) is 18.4. The van der Waals surface area contributed by atoms with Crippen LogP contribution in [-0.2, 0) is 0 Å². The van der Waals surface area contributed by atoms with Gasteiger partial charge >= 0.3 is 0 Å². The summed E-state index contributed by atoms with van der Waals surface area (Å²) in [5, 5.41) is 0.727. The highest BCUT2D eigenvalue weighted by Gasteiger charge is 2.32. The lowest BCUT2D eigenvalue weighted by Gasteiger charge is -2.34. The third kappa shape index (κ3) is 2.40. The van der Waals surface area contributed by atoms with Crippen molar-refractivity contribution < 1.29 is 0 Å². The zero-order valence-corrected chi connectivity index (χ0v) is 11.7. The number of nitrogens with zero attached hydrogens (tertiary/aromatic N) is 1. The predicted molar refractivity (Wildman–Crippen MR) is 78.0 cm³/mol. The van der Waals surface area contributed by atoms with Crippen molar-refractivity contribution in [2.45, 2.75) is 32.2 Å². The lowest BCUT2D eigenvalue weighted by molar-refractivity contribution is 0.518. The van der Waals surface area contributed by atoms with E-state index in [1.807, 2.05) is 18.2 Å². The molecule has 1 aromatic carbocycles. The van der Waals surface area contributed by atoms with E-state index < -0.39 is 0 Å². The fourth-order valence-corrected chi connectivity index (χ4v) is 2.84. The highest BCUT2D eigenvalue weighted by molar-refractivity contribution is 7.80. The molecule has 0 amide bonds. The molecule has 0 unspecified atom stereocenters. The summed E-state index contributed by atoms with van der Waals surface area (Å²) in [5.74, 6) is 0. The Morgan fingerprint density at radius 3 is 2.65 bits per heavy atom. The minimum Gasteiger partial charge on any atom is -0.389 e. The van der Waals surface area contributed by atoms with E-state index in [9.17, 15) is 0 Å². The molecule has 0 bridgehead atoms. The molecule has 0 radical (unpaired) electrons. The van der Waals surface area contributed by atoms with Gasteiger partial charge in [-0.3, -0.25) is 0 Å². The van der Waals surface area contributed by atoms with Crippen molar-refractivity contribution in [2.75, 3.05) is 11.4 Å². The summed E-state index contributed by atoms with van der Waals surface area (Å²) in [6.45, 7) is 5.55. The minimum absolute atomic E-state index is 0.175. The van der Waals surface area contributed by atoms with Crippen LogP contribution in [0.5, 0.6) is 0 Å². The number of hydrogen-bond donors (Lipinski definition) is 1. The van der Waals surface area contributed by atoms with E-state index in [1.54, 1.807) is 0 Å².